The lowest BCUT2D eigenvalue weighted by molar-refractivity contribution is -0.104. The summed E-state index contributed by atoms with van der Waals surface area (Å²) in [6.45, 7) is 4.54. The summed E-state index contributed by atoms with van der Waals surface area (Å²) >= 11 is 0. The first-order chi connectivity index (χ1) is 11.3. The van der Waals surface area contributed by atoms with Gasteiger partial charge in [0.1, 0.15) is 5.60 Å². The van der Waals surface area contributed by atoms with Crippen LogP contribution in [0.2, 0.25) is 0 Å². The Morgan fingerprint density at radius 3 is 2.75 bits per heavy atom. The molecule has 0 spiro atoms. The van der Waals surface area contributed by atoms with Gasteiger partial charge in [-0.3, -0.25) is 14.5 Å². The standard InChI is InChI=1S/C17H23N2O4P/c1-5-24-11-17(2)10-19(16(22)23-17)12-6-7-13(15(21)9-20)14(8-12)18(3)4/h6-9,24H,5,10-11H2,1-4H3/t17-/m0/s1. The summed E-state index contributed by atoms with van der Waals surface area (Å²) in [6, 6.07) is 5.00. The molecule has 1 amide bonds. The number of carbonyl (C=O) groups excluding carboxylic acids is 3. The van der Waals surface area contributed by atoms with E-state index in [1.807, 2.05) is 6.92 Å². The van der Waals surface area contributed by atoms with Crippen molar-refractivity contribution in [3.8, 4) is 0 Å². The fourth-order valence-corrected chi connectivity index (χ4v) is 3.67. The Morgan fingerprint density at radius 1 is 1.46 bits per heavy atom. The summed E-state index contributed by atoms with van der Waals surface area (Å²) in [5, 5.41) is 0. The van der Waals surface area contributed by atoms with Gasteiger partial charge in [0.15, 0.2) is 6.29 Å². The van der Waals surface area contributed by atoms with Crippen molar-refractivity contribution in [2.24, 2.45) is 0 Å². The highest BCUT2D eigenvalue weighted by Crippen LogP contribution is 2.34. The molecule has 2 rings (SSSR count). The molecule has 0 bridgehead atoms. The molecule has 0 N–H and O–H groups in total. The minimum atomic E-state index is -0.580. The van der Waals surface area contributed by atoms with Crippen molar-refractivity contribution in [3.05, 3.63) is 23.8 Å². The highest BCUT2D eigenvalue weighted by atomic mass is 31.1. The van der Waals surface area contributed by atoms with Gasteiger partial charge in [0.2, 0.25) is 5.78 Å². The number of rotatable bonds is 7. The van der Waals surface area contributed by atoms with E-state index in [-0.39, 0.29) is 6.09 Å². The molecule has 1 aliphatic heterocycles. The zero-order valence-corrected chi connectivity index (χ0v) is 15.5. The number of amides is 1. The number of Topliss-reactive ketones (excluding diaryl/α,β-unsaturated/α-hetero) is 1. The predicted octanol–water partition coefficient (Wildman–Crippen LogP) is 2.55. The van der Waals surface area contributed by atoms with Crippen molar-refractivity contribution < 1.29 is 19.1 Å². The summed E-state index contributed by atoms with van der Waals surface area (Å²) < 4.78 is 5.57. The lowest BCUT2D eigenvalue weighted by Crippen LogP contribution is -2.33. The van der Waals surface area contributed by atoms with Gasteiger partial charge in [0.05, 0.1) is 6.54 Å². The first kappa shape index (κ1) is 18.4. The van der Waals surface area contributed by atoms with Crippen molar-refractivity contribution >= 4 is 38.1 Å². The van der Waals surface area contributed by atoms with E-state index in [0.717, 1.165) is 20.9 Å². The van der Waals surface area contributed by atoms with E-state index >= 15 is 0 Å². The fourth-order valence-electron chi connectivity index (χ4n) is 2.71. The van der Waals surface area contributed by atoms with Crippen molar-refractivity contribution in [3.63, 3.8) is 0 Å². The number of hydrogen-bond donors (Lipinski definition) is 0. The lowest BCUT2D eigenvalue weighted by atomic mass is 10.1. The van der Waals surface area contributed by atoms with Crippen molar-refractivity contribution in [1.82, 2.24) is 0 Å². The molecule has 0 aliphatic carbocycles. The molecule has 1 aliphatic rings. The minimum Gasteiger partial charge on any atom is -0.441 e. The Balaban J connectivity index is 2.32. The molecule has 1 unspecified atom stereocenters. The van der Waals surface area contributed by atoms with Crippen LogP contribution in [0.4, 0.5) is 16.2 Å². The van der Waals surface area contributed by atoms with E-state index in [0.29, 0.717) is 29.8 Å². The maximum atomic E-state index is 12.3. The minimum absolute atomic E-state index is 0.300. The van der Waals surface area contributed by atoms with Gasteiger partial charge in [-0.05, 0) is 31.3 Å². The van der Waals surface area contributed by atoms with E-state index in [1.54, 1.807) is 42.1 Å². The Bertz CT molecular complexity index is 662. The number of cyclic esters (lactones) is 1. The number of aldehydes is 1. The number of ketones is 1. The second-order valence-corrected chi connectivity index (χ2v) is 7.82. The molecule has 1 saturated heterocycles. The molecule has 0 saturated carbocycles. The summed E-state index contributed by atoms with van der Waals surface area (Å²) in [4.78, 5) is 38.2. The number of nitrogens with zero attached hydrogens (tertiary/aromatic N) is 2. The van der Waals surface area contributed by atoms with Gasteiger partial charge in [-0.1, -0.05) is 6.92 Å². The molecule has 1 fully saturated rings. The third-order valence-corrected chi connectivity index (χ3v) is 5.44. The number of benzene rings is 1. The van der Waals surface area contributed by atoms with E-state index < -0.39 is 11.4 Å². The zero-order chi connectivity index (χ0) is 17.9. The SMILES string of the molecule is CCPC[C@]1(C)CN(c2ccc(C(=O)C=O)c(N(C)C)c2)C(=O)O1. The molecule has 7 heteroatoms. The Morgan fingerprint density at radius 2 is 2.17 bits per heavy atom. The highest BCUT2D eigenvalue weighted by Gasteiger charge is 2.41. The summed E-state index contributed by atoms with van der Waals surface area (Å²) in [7, 11) is 4.32. The van der Waals surface area contributed by atoms with Gasteiger partial charge in [0, 0.05) is 37.2 Å². The van der Waals surface area contributed by atoms with Crippen LogP contribution in [-0.2, 0) is 9.53 Å². The smallest absolute Gasteiger partial charge is 0.415 e. The van der Waals surface area contributed by atoms with Gasteiger partial charge in [-0.2, -0.15) is 0 Å². The van der Waals surface area contributed by atoms with Crippen LogP contribution in [0.25, 0.3) is 0 Å². The van der Waals surface area contributed by atoms with Crippen LogP contribution in [0.15, 0.2) is 18.2 Å². The topological polar surface area (TPSA) is 66.9 Å². The molecule has 0 aromatic heterocycles. The largest absolute Gasteiger partial charge is 0.441 e. The van der Waals surface area contributed by atoms with Gasteiger partial charge >= 0.3 is 6.09 Å². The van der Waals surface area contributed by atoms with Crippen LogP contribution in [0.3, 0.4) is 0 Å². The zero-order valence-electron chi connectivity index (χ0n) is 14.5. The quantitative estimate of drug-likeness (QED) is 0.327. The van der Waals surface area contributed by atoms with Gasteiger partial charge in [-0.15, -0.1) is 8.58 Å². The highest BCUT2D eigenvalue weighted by molar-refractivity contribution is 7.38. The summed E-state index contributed by atoms with van der Waals surface area (Å²) in [5.41, 5.74) is 1.10. The van der Waals surface area contributed by atoms with Gasteiger partial charge in [0.25, 0.3) is 0 Å². The third-order valence-electron chi connectivity index (χ3n) is 3.94. The van der Waals surface area contributed by atoms with Crippen LogP contribution in [-0.4, -0.2) is 56.7 Å². The summed E-state index contributed by atoms with van der Waals surface area (Å²) in [6.07, 6.45) is 1.83. The maximum absolute atomic E-state index is 12.3. The molecule has 1 aromatic carbocycles. The van der Waals surface area contributed by atoms with E-state index in [2.05, 4.69) is 6.92 Å². The van der Waals surface area contributed by atoms with Gasteiger partial charge < -0.3 is 9.64 Å². The van der Waals surface area contributed by atoms with Crippen LogP contribution >= 0.6 is 8.58 Å². The molecular weight excluding hydrogens is 327 g/mol. The number of carbonyl (C=O) groups is 3. The number of anilines is 2. The van der Waals surface area contributed by atoms with Crippen LogP contribution in [0, 0.1) is 0 Å². The second-order valence-electron chi connectivity index (χ2n) is 6.26. The van der Waals surface area contributed by atoms with Crippen LogP contribution in [0.5, 0.6) is 0 Å². The Hall–Kier alpha value is -1.94. The van der Waals surface area contributed by atoms with Crippen LogP contribution in [0.1, 0.15) is 24.2 Å². The molecule has 24 heavy (non-hydrogen) atoms. The Kier molecular flexibility index (Phi) is 5.60. The number of ether oxygens (including phenoxy) is 1. The van der Waals surface area contributed by atoms with E-state index in [9.17, 15) is 14.4 Å². The average Bonchev–Trinajstić information content (AvgIpc) is 2.86. The summed E-state index contributed by atoms with van der Waals surface area (Å²) in [5.74, 6) is -0.580. The lowest BCUT2D eigenvalue weighted by Gasteiger charge is -2.22. The van der Waals surface area contributed by atoms with Gasteiger partial charge in [-0.25, -0.2) is 4.79 Å². The number of hydrogen-bond acceptors (Lipinski definition) is 5. The molecule has 0 radical (unpaired) electrons. The van der Waals surface area contributed by atoms with Crippen LogP contribution < -0.4 is 9.80 Å². The van der Waals surface area contributed by atoms with Crippen molar-refractivity contribution in [2.75, 3.05) is 42.8 Å². The monoisotopic (exact) mass is 350 g/mol. The molecule has 130 valence electrons. The second kappa shape index (κ2) is 7.31. The van der Waals surface area contributed by atoms with Crippen molar-refractivity contribution in [1.29, 1.82) is 0 Å². The molecular formula is C17H23N2O4P. The molecule has 2 atom stereocenters. The third kappa shape index (κ3) is 3.75. The first-order valence-electron chi connectivity index (χ1n) is 7.83. The van der Waals surface area contributed by atoms with E-state index in [4.69, 9.17) is 4.74 Å². The van der Waals surface area contributed by atoms with Crippen molar-refractivity contribution in [2.45, 2.75) is 19.4 Å². The first-order valence-corrected chi connectivity index (χ1v) is 9.25. The molecule has 6 nitrogen and oxygen atoms in total. The van der Waals surface area contributed by atoms with E-state index in [1.165, 1.54) is 0 Å². The molecule has 1 aromatic rings. The Labute approximate surface area is 143 Å². The molecule has 1 heterocycles. The average molecular weight is 350 g/mol. The maximum Gasteiger partial charge on any atom is 0.415 e. The fraction of sp³-hybridized carbons (Fsp3) is 0.471. The predicted molar refractivity (Wildman–Crippen MR) is 97.1 cm³/mol. The normalized spacial score (nSPS) is 20.5.